The van der Waals surface area contributed by atoms with E-state index >= 15 is 0 Å². The summed E-state index contributed by atoms with van der Waals surface area (Å²) in [6, 6.07) is 41.8. The van der Waals surface area contributed by atoms with Crippen LogP contribution >= 0.6 is 0 Å². The van der Waals surface area contributed by atoms with E-state index < -0.39 is 0 Å². The van der Waals surface area contributed by atoms with Gasteiger partial charge in [-0.2, -0.15) is 0 Å². The van der Waals surface area contributed by atoms with Crippen LogP contribution in [0, 0.1) is 0 Å². The van der Waals surface area contributed by atoms with Gasteiger partial charge in [0.25, 0.3) is 0 Å². The maximum atomic E-state index is 2.43. The number of aromatic nitrogens is 1. The summed E-state index contributed by atoms with van der Waals surface area (Å²) >= 11 is 0. The summed E-state index contributed by atoms with van der Waals surface area (Å²) in [6.45, 7) is 0. The van der Waals surface area contributed by atoms with E-state index in [1.165, 1.54) is 59.8 Å². The number of benzene rings is 6. The minimum atomic E-state index is 1.23. The molecule has 0 aliphatic rings. The highest BCUT2D eigenvalue weighted by atomic mass is 15.0. The minimum Gasteiger partial charge on any atom is -0.309 e. The van der Waals surface area contributed by atoms with Crippen molar-refractivity contribution < 1.29 is 0 Å². The summed E-state index contributed by atoms with van der Waals surface area (Å²) in [5.41, 5.74) is 3.72. The molecule has 1 nitrogen and oxygen atoms in total. The second kappa shape index (κ2) is 6.20. The number of para-hydroxylation sites is 2. The Bertz CT molecular complexity index is 1730. The fraction of sp³-hybridized carbons (Fsp3) is 0. The average Bonchev–Trinajstić information content (AvgIpc) is 3.17. The lowest BCUT2D eigenvalue weighted by Crippen LogP contribution is -1.96. The molecule has 0 N–H and O–H groups in total. The molecule has 1 aromatic heterocycles. The van der Waals surface area contributed by atoms with Crippen LogP contribution in [-0.2, 0) is 0 Å². The Kier molecular flexibility index (Phi) is 3.33. The van der Waals surface area contributed by atoms with Crippen molar-refractivity contribution in [1.29, 1.82) is 0 Å². The van der Waals surface area contributed by atoms with Crippen LogP contribution in [0.2, 0.25) is 0 Å². The van der Waals surface area contributed by atoms with Crippen molar-refractivity contribution in [2.75, 3.05) is 0 Å². The summed E-state index contributed by atoms with van der Waals surface area (Å²) < 4.78 is 2.43. The van der Waals surface area contributed by atoms with Gasteiger partial charge in [0.15, 0.2) is 0 Å². The van der Waals surface area contributed by atoms with Crippen LogP contribution in [0.5, 0.6) is 0 Å². The van der Waals surface area contributed by atoms with E-state index in [1.54, 1.807) is 0 Å². The van der Waals surface area contributed by atoms with Crippen LogP contribution < -0.4 is 0 Å². The van der Waals surface area contributed by atoms with Gasteiger partial charge in [-0.15, -0.1) is 0 Å². The number of hydrogen-bond donors (Lipinski definition) is 0. The molecule has 0 radical (unpaired) electrons. The Morgan fingerprint density at radius 3 is 1.61 bits per heavy atom. The van der Waals surface area contributed by atoms with Gasteiger partial charge >= 0.3 is 0 Å². The predicted octanol–water partition coefficient (Wildman–Crippen LogP) is 8.24. The second-order valence-corrected chi connectivity index (χ2v) is 8.20. The number of fused-ring (bicyclic) bond motifs is 8. The minimum absolute atomic E-state index is 1.23. The van der Waals surface area contributed by atoms with Crippen molar-refractivity contribution in [2.24, 2.45) is 0 Å². The Morgan fingerprint density at radius 2 is 0.903 bits per heavy atom. The number of rotatable bonds is 1. The molecule has 31 heavy (non-hydrogen) atoms. The quantitative estimate of drug-likeness (QED) is 0.247. The van der Waals surface area contributed by atoms with Crippen molar-refractivity contribution in [1.82, 2.24) is 4.57 Å². The van der Waals surface area contributed by atoms with Gasteiger partial charge in [-0.3, -0.25) is 0 Å². The molecule has 0 spiro atoms. The molecule has 6 aromatic carbocycles. The second-order valence-electron chi connectivity index (χ2n) is 8.20. The molecule has 0 saturated heterocycles. The summed E-state index contributed by atoms with van der Waals surface area (Å²) in [4.78, 5) is 0. The van der Waals surface area contributed by atoms with Crippen molar-refractivity contribution in [2.45, 2.75) is 0 Å². The van der Waals surface area contributed by atoms with Crippen LogP contribution in [0.25, 0.3) is 59.8 Å². The molecule has 0 amide bonds. The molecular formula is C30H19N. The lowest BCUT2D eigenvalue weighted by molar-refractivity contribution is 1.20. The van der Waals surface area contributed by atoms with E-state index in [4.69, 9.17) is 0 Å². The third-order valence-corrected chi connectivity index (χ3v) is 6.55. The predicted molar refractivity (Wildman–Crippen MR) is 133 cm³/mol. The molecule has 0 saturated carbocycles. The lowest BCUT2D eigenvalue weighted by atomic mass is 9.95. The highest BCUT2D eigenvalue weighted by molar-refractivity contribution is 6.23. The molecule has 7 rings (SSSR count). The SMILES string of the molecule is c1ccc2c(c1)ccc1cc(-n3c4ccccc4c4ccccc43)c3ccccc3c12. The summed E-state index contributed by atoms with van der Waals surface area (Å²) in [6.07, 6.45) is 0. The number of nitrogens with zero attached hydrogens (tertiary/aromatic N) is 1. The zero-order chi connectivity index (χ0) is 20.4. The van der Waals surface area contributed by atoms with Gasteiger partial charge in [-0.25, -0.2) is 0 Å². The van der Waals surface area contributed by atoms with Gasteiger partial charge in [-0.05, 0) is 45.1 Å². The Hall–Kier alpha value is -4.10. The topological polar surface area (TPSA) is 4.93 Å². The molecule has 0 aliphatic carbocycles. The smallest absolute Gasteiger partial charge is 0.0546 e. The van der Waals surface area contributed by atoms with E-state index in [1.807, 2.05) is 0 Å². The van der Waals surface area contributed by atoms with Crippen molar-refractivity contribution in [3.05, 3.63) is 115 Å². The third-order valence-electron chi connectivity index (χ3n) is 6.55. The normalized spacial score (nSPS) is 11.9. The Labute approximate surface area is 179 Å². The summed E-state index contributed by atoms with van der Waals surface area (Å²) in [5, 5.41) is 10.4. The van der Waals surface area contributed by atoms with Crippen molar-refractivity contribution >= 4 is 54.1 Å². The molecule has 7 aromatic rings. The van der Waals surface area contributed by atoms with Gasteiger partial charge in [0.05, 0.1) is 16.7 Å². The first-order chi connectivity index (χ1) is 15.4. The summed E-state index contributed by atoms with van der Waals surface area (Å²) in [5.74, 6) is 0. The van der Waals surface area contributed by atoms with Gasteiger partial charge in [-0.1, -0.05) is 97.1 Å². The Morgan fingerprint density at radius 1 is 0.387 bits per heavy atom. The van der Waals surface area contributed by atoms with E-state index in [0.29, 0.717) is 0 Å². The maximum absolute atomic E-state index is 2.43. The largest absolute Gasteiger partial charge is 0.309 e. The molecule has 1 heteroatoms. The van der Waals surface area contributed by atoms with E-state index in [-0.39, 0.29) is 0 Å². The third kappa shape index (κ3) is 2.26. The van der Waals surface area contributed by atoms with E-state index in [9.17, 15) is 0 Å². The highest BCUT2D eigenvalue weighted by Crippen LogP contribution is 2.39. The van der Waals surface area contributed by atoms with Crippen LogP contribution in [-0.4, -0.2) is 4.57 Å². The van der Waals surface area contributed by atoms with Gasteiger partial charge in [0.1, 0.15) is 0 Å². The molecule has 0 fully saturated rings. The average molecular weight is 393 g/mol. The van der Waals surface area contributed by atoms with E-state index in [2.05, 4.69) is 120 Å². The van der Waals surface area contributed by atoms with Crippen molar-refractivity contribution in [3.8, 4) is 5.69 Å². The van der Waals surface area contributed by atoms with Crippen LogP contribution in [0.3, 0.4) is 0 Å². The van der Waals surface area contributed by atoms with E-state index in [0.717, 1.165) is 0 Å². The fourth-order valence-electron chi connectivity index (χ4n) is 5.23. The molecule has 144 valence electrons. The fourth-order valence-corrected chi connectivity index (χ4v) is 5.23. The highest BCUT2D eigenvalue weighted by Gasteiger charge is 2.15. The summed E-state index contributed by atoms with van der Waals surface area (Å²) in [7, 11) is 0. The zero-order valence-corrected chi connectivity index (χ0v) is 16.9. The van der Waals surface area contributed by atoms with Crippen LogP contribution in [0.15, 0.2) is 115 Å². The first-order valence-corrected chi connectivity index (χ1v) is 10.7. The molecule has 0 unspecified atom stereocenters. The Balaban J connectivity index is 1.73. The van der Waals surface area contributed by atoms with Gasteiger partial charge < -0.3 is 4.57 Å². The standard InChI is InChI=1S/C30H19N/c1-2-10-22-20(9-1)17-18-21-19-29(25-13-3-4-14-26(25)30(21)22)31-27-15-7-5-11-23(27)24-12-6-8-16-28(24)31/h1-19H. The number of hydrogen-bond acceptors (Lipinski definition) is 0. The molecule has 0 bridgehead atoms. The molecular weight excluding hydrogens is 374 g/mol. The molecule has 0 atom stereocenters. The van der Waals surface area contributed by atoms with Crippen LogP contribution in [0.1, 0.15) is 0 Å². The first-order valence-electron chi connectivity index (χ1n) is 10.7. The first kappa shape index (κ1) is 16.7. The lowest BCUT2D eigenvalue weighted by Gasteiger charge is -2.15. The molecule has 1 heterocycles. The van der Waals surface area contributed by atoms with Crippen molar-refractivity contribution in [3.63, 3.8) is 0 Å². The van der Waals surface area contributed by atoms with Gasteiger partial charge in [0, 0.05) is 16.2 Å². The van der Waals surface area contributed by atoms with Crippen LogP contribution in [0.4, 0.5) is 0 Å². The maximum Gasteiger partial charge on any atom is 0.0546 e. The van der Waals surface area contributed by atoms with Gasteiger partial charge in [0.2, 0.25) is 0 Å². The monoisotopic (exact) mass is 393 g/mol. The molecule has 0 aliphatic heterocycles. The zero-order valence-electron chi connectivity index (χ0n) is 16.9.